The van der Waals surface area contributed by atoms with Crippen LogP contribution in [0.3, 0.4) is 0 Å². The Morgan fingerprint density at radius 1 is 0.929 bits per heavy atom. The summed E-state index contributed by atoms with van der Waals surface area (Å²) in [5, 5.41) is 2.32. The topological polar surface area (TPSA) is 69.7 Å². The second kappa shape index (κ2) is 7.40. The molecule has 0 saturated carbocycles. The van der Waals surface area contributed by atoms with Crippen LogP contribution in [0.25, 0.3) is 12.2 Å². The summed E-state index contributed by atoms with van der Waals surface area (Å²) in [5.41, 5.74) is 3.09. The van der Waals surface area contributed by atoms with Crippen LogP contribution >= 0.6 is 0 Å². The van der Waals surface area contributed by atoms with Gasteiger partial charge in [0.05, 0.1) is 11.1 Å². The van der Waals surface area contributed by atoms with Gasteiger partial charge in [-0.05, 0) is 36.4 Å². The highest BCUT2D eigenvalue weighted by molar-refractivity contribution is 6.23. The monoisotopic (exact) mass is 375 g/mol. The van der Waals surface area contributed by atoms with Gasteiger partial charge < -0.3 is 9.80 Å². The largest absolute Gasteiger partial charge is 0.336 e. The fourth-order valence-electron chi connectivity index (χ4n) is 3.50. The van der Waals surface area contributed by atoms with E-state index in [2.05, 4.69) is 17.3 Å². The number of benzene rings is 2. The van der Waals surface area contributed by atoms with E-state index in [1.165, 1.54) is 0 Å². The molecule has 0 spiro atoms. The molecule has 28 heavy (non-hydrogen) atoms. The summed E-state index contributed by atoms with van der Waals surface area (Å²) in [6.45, 7) is 3.28. The molecule has 0 radical (unpaired) electrons. The Hall–Kier alpha value is -3.25. The number of nitrogens with zero attached hydrogens (tertiary/aromatic N) is 2. The molecule has 0 unspecified atom stereocenters. The van der Waals surface area contributed by atoms with E-state index in [-0.39, 0.29) is 17.7 Å². The van der Waals surface area contributed by atoms with Crippen LogP contribution in [0.15, 0.2) is 42.5 Å². The van der Waals surface area contributed by atoms with Crippen LogP contribution in [-0.2, 0) is 0 Å². The molecule has 142 valence electrons. The first-order valence-electron chi connectivity index (χ1n) is 9.27. The predicted octanol–water partition coefficient (Wildman–Crippen LogP) is 2.13. The van der Waals surface area contributed by atoms with Gasteiger partial charge in [0.15, 0.2) is 0 Å². The molecule has 2 aliphatic rings. The van der Waals surface area contributed by atoms with E-state index in [1.54, 1.807) is 18.2 Å². The van der Waals surface area contributed by atoms with Crippen molar-refractivity contribution in [2.45, 2.75) is 0 Å². The van der Waals surface area contributed by atoms with Crippen molar-refractivity contribution in [3.63, 3.8) is 0 Å². The summed E-state index contributed by atoms with van der Waals surface area (Å²) in [4.78, 5) is 40.4. The molecule has 2 aromatic rings. The molecule has 0 bridgehead atoms. The van der Waals surface area contributed by atoms with Crippen LogP contribution in [-0.4, -0.2) is 60.7 Å². The third-order valence-electron chi connectivity index (χ3n) is 5.20. The van der Waals surface area contributed by atoms with Crippen LogP contribution in [0.5, 0.6) is 0 Å². The number of carbonyl (C=O) groups excluding carboxylic acids is 3. The third-order valence-corrected chi connectivity index (χ3v) is 5.20. The Balaban J connectivity index is 1.49. The van der Waals surface area contributed by atoms with E-state index in [0.717, 1.165) is 31.7 Å². The number of hydrogen-bond acceptors (Lipinski definition) is 4. The zero-order valence-corrected chi connectivity index (χ0v) is 15.6. The molecule has 1 saturated heterocycles. The first-order chi connectivity index (χ1) is 13.5. The van der Waals surface area contributed by atoms with Crippen molar-refractivity contribution in [3.8, 4) is 0 Å². The Kier molecular flexibility index (Phi) is 4.79. The fourth-order valence-corrected chi connectivity index (χ4v) is 3.50. The van der Waals surface area contributed by atoms with E-state index in [4.69, 9.17) is 0 Å². The van der Waals surface area contributed by atoms with Gasteiger partial charge in [0.25, 0.3) is 17.7 Å². The molecule has 2 heterocycles. The lowest BCUT2D eigenvalue weighted by molar-refractivity contribution is 0.0663. The fraction of sp³-hybridized carbons (Fsp3) is 0.227. The molecule has 2 aromatic carbocycles. The maximum Gasteiger partial charge on any atom is 0.259 e. The maximum atomic E-state index is 12.6. The van der Waals surface area contributed by atoms with Gasteiger partial charge in [0, 0.05) is 31.7 Å². The van der Waals surface area contributed by atoms with Crippen LogP contribution < -0.4 is 5.32 Å². The Bertz CT molecular complexity index is 971. The summed E-state index contributed by atoms with van der Waals surface area (Å²) in [5.74, 6) is -0.671. The van der Waals surface area contributed by atoms with E-state index in [0.29, 0.717) is 22.3 Å². The molecule has 0 aliphatic carbocycles. The molecule has 3 amide bonds. The molecule has 2 aliphatic heterocycles. The number of imide groups is 1. The third kappa shape index (κ3) is 3.46. The van der Waals surface area contributed by atoms with Gasteiger partial charge in [-0.25, -0.2) is 0 Å². The smallest absolute Gasteiger partial charge is 0.259 e. The number of piperazine rings is 1. The Morgan fingerprint density at radius 3 is 2.36 bits per heavy atom. The molecule has 6 heteroatoms. The molecule has 1 N–H and O–H groups in total. The minimum atomic E-state index is -0.367. The number of amides is 3. The number of rotatable bonds is 3. The number of nitrogens with one attached hydrogen (secondary N) is 1. The molecule has 6 nitrogen and oxygen atoms in total. The van der Waals surface area contributed by atoms with E-state index < -0.39 is 0 Å². The molecule has 1 fully saturated rings. The summed E-state index contributed by atoms with van der Waals surface area (Å²) < 4.78 is 0. The van der Waals surface area contributed by atoms with Crippen molar-refractivity contribution >= 4 is 29.9 Å². The van der Waals surface area contributed by atoms with E-state index in [1.807, 2.05) is 41.3 Å². The van der Waals surface area contributed by atoms with Crippen LogP contribution in [0.4, 0.5) is 0 Å². The molecule has 4 rings (SSSR count). The first kappa shape index (κ1) is 18.1. The van der Waals surface area contributed by atoms with Crippen molar-refractivity contribution in [2.24, 2.45) is 0 Å². The van der Waals surface area contributed by atoms with Crippen molar-refractivity contribution in [1.82, 2.24) is 15.1 Å². The summed E-state index contributed by atoms with van der Waals surface area (Å²) in [6.07, 6.45) is 3.68. The number of fused-ring (bicyclic) bond motifs is 1. The summed E-state index contributed by atoms with van der Waals surface area (Å²) in [6, 6.07) is 12.6. The molecule has 0 atom stereocenters. The SMILES string of the molecule is CN1CCN(C(=O)c2ccc(/C=C/c3cccc4c3C(=O)NC4=O)cc2)CC1. The lowest BCUT2D eigenvalue weighted by atomic mass is 10.0. The highest BCUT2D eigenvalue weighted by atomic mass is 16.2. The van der Waals surface area contributed by atoms with Crippen molar-refractivity contribution in [2.75, 3.05) is 33.2 Å². The summed E-state index contributed by atoms with van der Waals surface area (Å²) in [7, 11) is 2.06. The average Bonchev–Trinajstić information content (AvgIpc) is 3.01. The van der Waals surface area contributed by atoms with Gasteiger partial charge in [-0.3, -0.25) is 19.7 Å². The van der Waals surface area contributed by atoms with Gasteiger partial charge in [0.2, 0.25) is 0 Å². The van der Waals surface area contributed by atoms with Gasteiger partial charge in [-0.1, -0.05) is 36.4 Å². The highest BCUT2D eigenvalue weighted by Gasteiger charge is 2.28. The van der Waals surface area contributed by atoms with Gasteiger partial charge in [0.1, 0.15) is 0 Å². The zero-order chi connectivity index (χ0) is 19.7. The van der Waals surface area contributed by atoms with E-state index in [9.17, 15) is 14.4 Å². The quantitative estimate of drug-likeness (QED) is 0.659. The average molecular weight is 375 g/mol. The van der Waals surface area contributed by atoms with Gasteiger partial charge in [-0.15, -0.1) is 0 Å². The maximum absolute atomic E-state index is 12.6. The van der Waals surface area contributed by atoms with Crippen molar-refractivity contribution in [3.05, 3.63) is 70.3 Å². The van der Waals surface area contributed by atoms with Gasteiger partial charge >= 0.3 is 0 Å². The standard InChI is InChI=1S/C22H21N3O3/c1-24-11-13-25(14-12-24)22(28)17-9-6-15(7-10-17)5-8-16-3-2-4-18-19(16)21(27)23-20(18)26/h2-10H,11-14H2,1H3,(H,23,26,27)/b8-5+. The molecular weight excluding hydrogens is 354 g/mol. The van der Waals surface area contributed by atoms with Crippen molar-refractivity contribution < 1.29 is 14.4 Å². The summed E-state index contributed by atoms with van der Waals surface area (Å²) >= 11 is 0. The first-order valence-corrected chi connectivity index (χ1v) is 9.27. The molecular formula is C22H21N3O3. The normalized spacial score (nSPS) is 17.1. The number of carbonyl (C=O) groups is 3. The predicted molar refractivity (Wildman–Crippen MR) is 107 cm³/mol. The number of likely N-dealkylation sites (N-methyl/N-ethyl adjacent to an activating group) is 1. The Labute approximate surface area is 163 Å². The highest BCUT2D eigenvalue weighted by Crippen LogP contribution is 2.22. The minimum Gasteiger partial charge on any atom is -0.336 e. The second-order valence-electron chi connectivity index (χ2n) is 7.10. The number of hydrogen-bond donors (Lipinski definition) is 1. The second-order valence-corrected chi connectivity index (χ2v) is 7.10. The van der Waals surface area contributed by atoms with E-state index >= 15 is 0 Å². The van der Waals surface area contributed by atoms with Crippen molar-refractivity contribution in [1.29, 1.82) is 0 Å². The Morgan fingerprint density at radius 2 is 1.64 bits per heavy atom. The zero-order valence-electron chi connectivity index (χ0n) is 15.6. The van der Waals surface area contributed by atoms with Crippen LogP contribution in [0.2, 0.25) is 0 Å². The molecule has 0 aromatic heterocycles. The van der Waals surface area contributed by atoms with Crippen LogP contribution in [0, 0.1) is 0 Å². The lowest BCUT2D eigenvalue weighted by Crippen LogP contribution is -2.47. The minimum absolute atomic E-state index is 0.0553. The van der Waals surface area contributed by atoms with Crippen LogP contribution in [0.1, 0.15) is 42.2 Å². The van der Waals surface area contributed by atoms with Gasteiger partial charge in [-0.2, -0.15) is 0 Å². The lowest BCUT2D eigenvalue weighted by Gasteiger charge is -2.32.